The van der Waals surface area contributed by atoms with Crippen LogP contribution in [0, 0.1) is 0 Å². The minimum atomic E-state index is -3.69. The molecular weight excluding hydrogens is 388 g/mol. The lowest BCUT2D eigenvalue weighted by molar-refractivity contribution is -0.155. The zero-order chi connectivity index (χ0) is 21.6. The highest BCUT2D eigenvalue weighted by atomic mass is 32.2. The van der Waals surface area contributed by atoms with E-state index in [9.17, 15) is 18.0 Å². The van der Waals surface area contributed by atoms with Gasteiger partial charge in [-0.15, -0.1) is 0 Å². The van der Waals surface area contributed by atoms with Crippen LogP contribution < -0.4 is 5.32 Å². The first-order valence-electron chi connectivity index (χ1n) is 9.15. The van der Waals surface area contributed by atoms with E-state index in [2.05, 4.69) is 5.32 Å². The molecule has 0 aromatic carbocycles. The van der Waals surface area contributed by atoms with Gasteiger partial charge in [0, 0.05) is 18.5 Å². The first-order chi connectivity index (χ1) is 12.7. The summed E-state index contributed by atoms with van der Waals surface area (Å²) in [7, 11) is -3.69. The van der Waals surface area contributed by atoms with Crippen LogP contribution in [-0.4, -0.2) is 68.3 Å². The van der Waals surface area contributed by atoms with Crippen molar-refractivity contribution in [3.63, 3.8) is 0 Å². The molecule has 0 aromatic rings. The third kappa shape index (κ3) is 10.0. The summed E-state index contributed by atoms with van der Waals surface area (Å²) in [5, 5.41) is 3.50. The van der Waals surface area contributed by atoms with Crippen LogP contribution in [0.4, 0.5) is 4.79 Å². The van der Waals surface area contributed by atoms with E-state index in [-0.39, 0.29) is 19.5 Å². The van der Waals surface area contributed by atoms with Crippen molar-refractivity contribution >= 4 is 22.1 Å². The second-order valence-electron chi connectivity index (χ2n) is 8.43. The standard InChI is InChI=1S/C18H32N2O7S/c1-17(2,3)26-15(21)13-14(19-16(22)27-18(4,5)6)7-12-28(23,24)20-8-10-25-11-9-20/h7,12,14H,8-11,13H2,1-6H3,(H,19,22). The topological polar surface area (TPSA) is 111 Å². The van der Waals surface area contributed by atoms with Gasteiger partial charge in [0.05, 0.1) is 25.7 Å². The average Bonchev–Trinajstić information content (AvgIpc) is 2.50. The van der Waals surface area contributed by atoms with Gasteiger partial charge < -0.3 is 19.5 Å². The maximum atomic E-state index is 12.4. The fourth-order valence-electron chi connectivity index (χ4n) is 2.27. The van der Waals surface area contributed by atoms with Crippen LogP contribution in [0.15, 0.2) is 11.5 Å². The predicted octanol–water partition coefficient (Wildman–Crippen LogP) is 1.79. The molecule has 1 aliphatic heterocycles. The molecule has 0 spiro atoms. The van der Waals surface area contributed by atoms with Gasteiger partial charge in [0.15, 0.2) is 0 Å². The molecule has 1 heterocycles. The number of hydrogen-bond acceptors (Lipinski definition) is 7. The number of ether oxygens (including phenoxy) is 3. The monoisotopic (exact) mass is 420 g/mol. The minimum absolute atomic E-state index is 0.231. The maximum Gasteiger partial charge on any atom is 0.408 e. The molecular formula is C18H32N2O7S. The van der Waals surface area contributed by atoms with Crippen molar-refractivity contribution in [3.8, 4) is 0 Å². The van der Waals surface area contributed by atoms with E-state index in [1.807, 2.05) is 0 Å². The van der Waals surface area contributed by atoms with Crippen LogP contribution in [-0.2, 0) is 29.0 Å². The van der Waals surface area contributed by atoms with Crippen LogP contribution in [0.3, 0.4) is 0 Å². The van der Waals surface area contributed by atoms with Gasteiger partial charge in [-0.3, -0.25) is 4.79 Å². The molecule has 1 unspecified atom stereocenters. The summed E-state index contributed by atoms with van der Waals surface area (Å²) < 4.78 is 41.8. The number of nitrogens with one attached hydrogen (secondary N) is 1. The number of sulfonamides is 1. The molecule has 0 bridgehead atoms. The second kappa shape index (κ2) is 9.71. The number of amides is 1. The quantitative estimate of drug-likeness (QED) is 0.652. The highest BCUT2D eigenvalue weighted by Crippen LogP contribution is 2.13. The second-order valence-corrected chi connectivity index (χ2v) is 10.2. The van der Waals surface area contributed by atoms with Crippen LogP contribution in [0.2, 0.25) is 0 Å². The van der Waals surface area contributed by atoms with E-state index >= 15 is 0 Å². The highest BCUT2D eigenvalue weighted by molar-refractivity contribution is 7.92. The van der Waals surface area contributed by atoms with E-state index in [4.69, 9.17) is 14.2 Å². The van der Waals surface area contributed by atoms with Crippen molar-refractivity contribution in [1.29, 1.82) is 0 Å². The molecule has 162 valence electrons. The Labute approximate surface area is 167 Å². The molecule has 10 heteroatoms. The molecule has 1 aliphatic rings. The average molecular weight is 421 g/mol. The van der Waals surface area contributed by atoms with Crippen molar-refractivity contribution < 1.29 is 32.2 Å². The Kier molecular flexibility index (Phi) is 8.45. The summed E-state index contributed by atoms with van der Waals surface area (Å²) in [6.07, 6.45) is 0.277. The largest absolute Gasteiger partial charge is 0.460 e. The van der Waals surface area contributed by atoms with E-state index in [1.54, 1.807) is 41.5 Å². The Morgan fingerprint density at radius 2 is 1.61 bits per heavy atom. The van der Waals surface area contributed by atoms with Gasteiger partial charge in [-0.2, -0.15) is 4.31 Å². The minimum Gasteiger partial charge on any atom is -0.460 e. The Morgan fingerprint density at radius 3 is 2.11 bits per heavy atom. The number of nitrogens with zero attached hydrogens (tertiary/aromatic N) is 1. The van der Waals surface area contributed by atoms with Crippen molar-refractivity contribution in [1.82, 2.24) is 9.62 Å². The fraction of sp³-hybridized carbons (Fsp3) is 0.778. The molecule has 0 aromatic heterocycles. The lowest BCUT2D eigenvalue weighted by Gasteiger charge is -2.25. The van der Waals surface area contributed by atoms with Crippen LogP contribution in [0.25, 0.3) is 0 Å². The predicted molar refractivity (Wildman–Crippen MR) is 104 cm³/mol. The molecule has 28 heavy (non-hydrogen) atoms. The van der Waals surface area contributed by atoms with Gasteiger partial charge in [-0.1, -0.05) is 0 Å². The number of carbonyl (C=O) groups excluding carboxylic acids is 2. The summed E-state index contributed by atoms with van der Waals surface area (Å²) in [5.74, 6) is -0.568. The van der Waals surface area contributed by atoms with Crippen molar-refractivity contribution in [2.75, 3.05) is 26.3 Å². The Morgan fingerprint density at radius 1 is 1.07 bits per heavy atom. The first-order valence-corrected chi connectivity index (χ1v) is 10.7. The molecule has 1 N–H and O–H groups in total. The van der Waals surface area contributed by atoms with Crippen molar-refractivity contribution in [2.45, 2.75) is 65.2 Å². The highest BCUT2D eigenvalue weighted by Gasteiger charge is 2.25. The molecule has 1 atom stereocenters. The first kappa shape index (κ1) is 24.4. The Hall–Kier alpha value is -1.65. The van der Waals surface area contributed by atoms with Gasteiger partial charge in [0.2, 0.25) is 10.0 Å². The van der Waals surface area contributed by atoms with E-state index < -0.39 is 39.3 Å². The fourth-order valence-corrected chi connectivity index (χ4v) is 3.49. The third-order valence-electron chi connectivity index (χ3n) is 3.32. The van der Waals surface area contributed by atoms with Crippen molar-refractivity contribution in [2.24, 2.45) is 0 Å². The summed E-state index contributed by atoms with van der Waals surface area (Å²) in [6, 6.07) is -0.902. The zero-order valence-corrected chi connectivity index (χ0v) is 18.3. The molecule has 1 amide bonds. The molecule has 1 saturated heterocycles. The molecule has 1 fully saturated rings. The number of alkyl carbamates (subject to hydrolysis) is 1. The van der Waals surface area contributed by atoms with Crippen LogP contribution in [0.1, 0.15) is 48.0 Å². The maximum absolute atomic E-state index is 12.4. The SMILES string of the molecule is CC(C)(C)OC(=O)CC(C=CS(=O)(=O)N1CCOCC1)NC(=O)OC(C)(C)C. The van der Waals surface area contributed by atoms with Crippen LogP contribution in [0.5, 0.6) is 0 Å². The number of rotatable bonds is 6. The van der Waals surface area contributed by atoms with E-state index in [1.165, 1.54) is 10.4 Å². The van der Waals surface area contributed by atoms with Gasteiger partial charge in [-0.25, -0.2) is 13.2 Å². The Balaban J connectivity index is 2.89. The van der Waals surface area contributed by atoms with Crippen molar-refractivity contribution in [3.05, 3.63) is 11.5 Å². The Bertz CT molecular complexity index is 639. The number of hydrogen-bond donors (Lipinski definition) is 1. The van der Waals surface area contributed by atoms with Gasteiger partial charge in [0.1, 0.15) is 11.2 Å². The molecule has 0 saturated carbocycles. The number of carbonyl (C=O) groups is 2. The molecule has 0 radical (unpaired) electrons. The van der Waals surface area contributed by atoms with E-state index in [0.717, 1.165) is 5.41 Å². The van der Waals surface area contributed by atoms with Crippen LogP contribution >= 0.6 is 0 Å². The summed E-state index contributed by atoms with van der Waals surface area (Å²) in [6.45, 7) is 11.4. The van der Waals surface area contributed by atoms with Gasteiger partial charge in [-0.05, 0) is 47.6 Å². The number of esters is 1. The normalized spacial score (nSPS) is 17.9. The summed E-state index contributed by atoms with van der Waals surface area (Å²) in [4.78, 5) is 24.2. The summed E-state index contributed by atoms with van der Waals surface area (Å²) in [5.41, 5.74) is -1.43. The molecule has 0 aliphatic carbocycles. The molecule has 9 nitrogen and oxygen atoms in total. The van der Waals surface area contributed by atoms with E-state index in [0.29, 0.717) is 13.2 Å². The zero-order valence-electron chi connectivity index (χ0n) is 17.5. The summed E-state index contributed by atoms with van der Waals surface area (Å²) >= 11 is 0. The third-order valence-corrected chi connectivity index (χ3v) is 4.91. The van der Waals surface area contributed by atoms with Gasteiger partial charge >= 0.3 is 12.1 Å². The van der Waals surface area contributed by atoms with Gasteiger partial charge in [0.25, 0.3) is 0 Å². The molecule has 1 rings (SSSR count). The number of morpholine rings is 1. The lowest BCUT2D eigenvalue weighted by Crippen LogP contribution is -2.41. The lowest BCUT2D eigenvalue weighted by atomic mass is 10.1. The smallest absolute Gasteiger partial charge is 0.408 e.